The standard InChI is InChI=1S/C22H23N5O3S2/c1-14-23-19(13-26(14)2)32(29,30)27-11-9-16(10-12-27)21(28)25-22-24-20-17-6-4-3-5-15(17)7-8-18(20)31-22/h3-8,13,16H,9-12H2,1-2H3,(H,24,25,28). The van der Waals surface area contributed by atoms with Crippen LogP contribution in [0, 0.1) is 12.8 Å². The van der Waals surface area contributed by atoms with E-state index in [1.807, 2.05) is 30.3 Å². The van der Waals surface area contributed by atoms with E-state index in [0.717, 1.165) is 21.0 Å². The Morgan fingerprint density at radius 1 is 1.12 bits per heavy atom. The van der Waals surface area contributed by atoms with Gasteiger partial charge in [0.2, 0.25) is 5.91 Å². The van der Waals surface area contributed by atoms with Gasteiger partial charge in [0.05, 0.1) is 10.2 Å². The number of benzene rings is 2. The molecule has 0 radical (unpaired) electrons. The van der Waals surface area contributed by atoms with Gasteiger partial charge in [0.25, 0.3) is 10.0 Å². The first-order valence-electron chi connectivity index (χ1n) is 10.4. The molecule has 32 heavy (non-hydrogen) atoms. The van der Waals surface area contributed by atoms with Crippen LogP contribution in [-0.4, -0.2) is 46.3 Å². The Morgan fingerprint density at radius 3 is 2.59 bits per heavy atom. The zero-order valence-corrected chi connectivity index (χ0v) is 19.4. The van der Waals surface area contributed by atoms with Gasteiger partial charge in [0.15, 0.2) is 10.2 Å². The van der Waals surface area contributed by atoms with Crippen molar-refractivity contribution >= 4 is 53.4 Å². The van der Waals surface area contributed by atoms with Gasteiger partial charge >= 0.3 is 0 Å². The Balaban J connectivity index is 1.27. The summed E-state index contributed by atoms with van der Waals surface area (Å²) < 4.78 is 29.9. The highest BCUT2D eigenvalue weighted by Gasteiger charge is 2.33. The molecule has 1 aliphatic heterocycles. The van der Waals surface area contributed by atoms with Crippen molar-refractivity contribution in [2.45, 2.75) is 24.8 Å². The Bertz CT molecular complexity index is 1410. The largest absolute Gasteiger partial charge is 0.337 e. The summed E-state index contributed by atoms with van der Waals surface area (Å²) in [4.78, 5) is 21.7. The van der Waals surface area contributed by atoms with Gasteiger partial charge in [-0.1, -0.05) is 41.7 Å². The third-order valence-electron chi connectivity index (χ3n) is 6.03. The van der Waals surface area contributed by atoms with E-state index in [9.17, 15) is 13.2 Å². The lowest BCUT2D eigenvalue weighted by molar-refractivity contribution is -0.120. The predicted molar refractivity (Wildman–Crippen MR) is 125 cm³/mol. The molecule has 0 unspecified atom stereocenters. The molecule has 1 amide bonds. The van der Waals surface area contributed by atoms with E-state index >= 15 is 0 Å². The Morgan fingerprint density at radius 2 is 1.88 bits per heavy atom. The number of piperidine rings is 1. The molecule has 0 spiro atoms. The molecule has 0 atom stereocenters. The van der Waals surface area contributed by atoms with Gasteiger partial charge in [0.1, 0.15) is 5.82 Å². The number of rotatable bonds is 4. The maximum atomic E-state index is 12.9. The van der Waals surface area contributed by atoms with Crippen LogP contribution in [0.4, 0.5) is 5.13 Å². The van der Waals surface area contributed by atoms with Gasteiger partial charge < -0.3 is 9.88 Å². The molecule has 2 aromatic heterocycles. The van der Waals surface area contributed by atoms with Crippen molar-refractivity contribution in [2.75, 3.05) is 18.4 Å². The molecule has 1 fully saturated rings. The van der Waals surface area contributed by atoms with Gasteiger partial charge in [-0.2, -0.15) is 4.31 Å². The molecular weight excluding hydrogens is 446 g/mol. The molecule has 0 aliphatic carbocycles. The van der Waals surface area contributed by atoms with Crippen LogP contribution < -0.4 is 5.32 Å². The summed E-state index contributed by atoms with van der Waals surface area (Å²) in [5.41, 5.74) is 0.884. The number of carbonyl (C=O) groups is 1. The topological polar surface area (TPSA) is 97.2 Å². The summed E-state index contributed by atoms with van der Waals surface area (Å²) in [6.07, 6.45) is 2.45. The van der Waals surface area contributed by atoms with E-state index in [1.165, 1.54) is 21.8 Å². The van der Waals surface area contributed by atoms with Crippen LogP contribution in [-0.2, 0) is 21.9 Å². The lowest BCUT2D eigenvalue weighted by Gasteiger charge is -2.29. The smallest absolute Gasteiger partial charge is 0.262 e. The van der Waals surface area contributed by atoms with E-state index in [1.54, 1.807) is 18.5 Å². The number of thiazole rings is 1. The first-order valence-corrected chi connectivity index (χ1v) is 12.7. The molecule has 2 aromatic carbocycles. The quantitative estimate of drug-likeness (QED) is 0.493. The molecule has 1 aliphatic rings. The number of sulfonamides is 1. The summed E-state index contributed by atoms with van der Waals surface area (Å²) in [7, 11) is -1.88. The maximum absolute atomic E-state index is 12.9. The zero-order valence-electron chi connectivity index (χ0n) is 17.8. The highest BCUT2D eigenvalue weighted by Crippen LogP contribution is 2.32. The van der Waals surface area contributed by atoms with Gasteiger partial charge in [-0.25, -0.2) is 18.4 Å². The van der Waals surface area contributed by atoms with Crippen LogP contribution in [0.25, 0.3) is 21.0 Å². The minimum Gasteiger partial charge on any atom is -0.337 e. The van der Waals surface area contributed by atoms with E-state index in [0.29, 0.717) is 36.9 Å². The third kappa shape index (κ3) is 3.68. The van der Waals surface area contributed by atoms with Crippen molar-refractivity contribution < 1.29 is 13.2 Å². The van der Waals surface area contributed by atoms with Crippen LogP contribution in [0.15, 0.2) is 47.6 Å². The second-order valence-corrected chi connectivity index (χ2v) is 11.0. The fourth-order valence-electron chi connectivity index (χ4n) is 4.06. The number of aromatic nitrogens is 3. The number of nitrogens with one attached hydrogen (secondary N) is 1. The summed E-state index contributed by atoms with van der Waals surface area (Å²) in [5, 5.41) is 5.75. The van der Waals surface area contributed by atoms with Gasteiger partial charge in [-0.15, -0.1) is 0 Å². The molecule has 1 N–H and O–H groups in total. The summed E-state index contributed by atoms with van der Waals surface area (Å²) in [6.45, 7) is 2.35. The van der Waals surface area contributed by atoms with Crippen LogP contribution >= 0.6 is 11.3 Å². The molecule has 0 bridgehead atoms. The second-order valence-electron chi connectivity index (χ2n) is 8.06. The first-order chi connectivity index (χ1) is 15.3. The molecule has 3 heterocycles. The lowest BCUT2D eigenvalue weighted by atomic mass is 9.97. The third-order valence-corrected chi connectivity index (χ3v) is 8.74. The number of hydrogen-bond acceptors (Lipinski definition) is 6. The number of imidazole rings is 1. The van der Waals surface area contributed by atoms with Crippen molar-refractivity contribution in [3.8, 4) is 0 Å². The van der Waals surface area contributed by atoms with E-state index in [-0.39, 0.29) is 16.9 Å². The molecule has 8 nitrogen and oxygen atoms in total. The van der Waals surface area contributed by atoms with Crippen LogP contribution in [0.3, 0.4) is 0 Å². The summed E-state index contributed by atoms with van der Waals surface area (Å²) in [5.74, 6) is 0.274. The molecule has 0 saturated carbocycles. The van der Waals surface area contributed by atoms with Crippen molar-refractivity contribution in [1.29, 1.82) is 0 Å². The van der Waals surface area contributed by atoms with Gasteiger partial charge in [0, 0.05) is 37.6 Å². The molecule has 10 heteroatoms. The minimum atomic E-state index is -3.65. The van der Waals surface area contributed by atoms with Crippen molar-refractivity contribution in [3.63, 3.8) is 0 Å². The number of nitrogens with zero attached hydrogens (tertiary/aromatic N) is 4. The van der Waals surface area contributed by atoms with E-state index in [2.05, 4.69) is 21.4 Å². The number of hydrogen-bond donors (Lipinski definition) is 1. The van der Waals surface area contributed by atoms with Crippen LogP contribution in [0.2, 0.25) is 0 Å². The average Bonchev–Trinajstić information content (AvgIpc) is 3.36. The highest BCUT2D eigenvalue weighted by molar-refractivity contribution is 7.89. The number of aryl methyl sites for hydroxylation is 2. The molecule has 1 saturated heterocycles. The van der Waals surface area contributed by atoms with Crippen molar-refractivity contribution in [1.82, 2.24) is 18.8 Å². The van der Waals surface area contributed by atoms with E-state index < -0.39 is 10.0 Å². The maximum Gasteiger partial charge on any atom is 0.262 e. The number of carbonyl (C=O) groups excluding carboxylic acids is 1. The number of fused-ring (bicyclic) bond motifs is 3. The van der Waals surface area contributed by atoms with Crippen molar-refractivity contribution in [2.24, 2.45) is 13.0 Å². The average molecular weight is 470 g/mol. The second kappa shape index (κ2) is 7.95. The van der Waals surface area contributed by atoms with E-state index in [4.69, 9.17) is 0 Å². The molecule has 166 valence electrons. The Hall–Kier alpha value is -2.82. The summed E-state index contributed by atoms with van der Waals surface area (Å²) in [6, 6.07) is 12.1. The highest BCUT2D eigenvalue weighted by atomic mass is 32.2. The van der Waals surface area contributed by atoms with Crippen LogP contribution in [0.1, 0.15) is 18.7 Å². The Kier molecular flexibility index (Phi) is 5.23. The molecule has 5 rings (SSSR count). The normalized spacial score (nSPS) is 16.1. The SMILES string of the molecule is Cc1nc(S(=O)(=O)N2CCC(C(=O)Nc3nc4c(ccc5ccccc54)s3)CC2)cn1C. The number of anilines is 1. The van der Waals surface area contributed by atoms with Gasteiger partial charge in [-0.3, -0.25) is 4.79 Å². The fourth-order valence-corrected chi connectivity index (χ4v) is 6.44. The lowest BCUT2D eigenvalue weighted by Crippen LogP contribution is -2.41. The zero-order chi connectivity index (χ0) is 22.5. The molecule has 4 aromatic rings. The Labute approximate surface area is 189 Å². The summed E-state index contributed by atoms with van der Waals surface area (Å²) >= 11 is 1.45. The minimum absolute atomic E-state index is 0.0575. The first kappa shape index (κ1) is 21.0. The monoisotopic (exact) mass is 469 g/mol. The van der Waals surface area contributed by atoms with Gasteiger partial charge in [-0.05, 0) is 31.2 Å². The number of amides is 1. The fraction of sp³-hybridized carbons (Fsp3) is 0.318. The predicted octanol–water partition coefficient (Wildman–Crippen LogP) is 3.53. The van der Waals surface area contributed by atoms with Crippen LogP contribution in [0.5, 0.6) is 0 Å². The molecular formula is C22H23N5O3S2. The van der Waals surface area contributed by atoms with Crippen molar-refractivity contribution in [3.05, 3.63) is 48.4 Å².